The molecule has 0 radical (unpaired) electrons. The van der Waals surface area contributed by atoms with Crippen LogP contribution in [0.25, 0.3) is 0 Å². The van der Waals surface area contributed by atoms with Crippen molar-refractivity contribution in [3.05, 3.63) is 0 Å². The number of likely N-dealkylation sites (tertiary alicyclic amines) is 1. The summed E-state index contributed by atoms with van der Waals surface area (Å²) >= 11 is 0. The van der Waals surface area contributed by atoms with E-state index in [-0.39, 0.29) is 0 Å². The second kappa shape index (κ2) is 5.60. The Bertz CT molecular complexity index is 281. The highest BCUT2D eigenvalue weighted by atomic mass is 16.2. The molecule has 18 heavy (non-hydrogen) atoms. The van der Waals surface area contributed by atoms with Crippen LogP contribution in [-0.2, 0) is 4.79 Å². The highest BCUT2D eigenvalue weighted by Gasteiger charge is 2.39. The summed E-state index contributed by atoms with van der Waals surface area (Å²) < 4.78 is 0. The molecule has 3 fully saturated rings. The molecule has 1 N–H and O–H groups in total. The first-order valence-corrected chi connectivity index (χ1v) is 7.84. The smallest absolute Gasteiger partial charge is 0.225 e. The minimum atomic E-state index is 0.345. The number of hydrogen-bond acceptors (Lipinski definition) is 2. The van der Waals surface area contributed by atoms with Crippen molar-refractivity contribution in [3.8, 4) is 0 Å². The van der Waals surface area contributed by atoms with Gasteiger partial charge < -0.3 is 10.2 Å². The summed E-state index contributed by atoms with van der Waals surface area (Å²) in [6, 6.07) is 0. The van der Waals surface area contributed by atoms with E-state index in [4.69, 9.17) is 0 Å². The first-order valence-electron chi connectivity index (χ1n) is 7.84. The van der Waals surface area contributed by atoms with Crippen molar-refractivity contribution in [2.45, 2.75) is 44.9 Å². The van der Waals surface area contributed by atoms with Gasteiger partial charge in [0.1, 0.15) is 0 Å². The van der Waals surface area contributed by atoms with Gasteiger partial charge in [-0.25, -0.2) is 0 Å². The van der Waals surface area contributed by atoms with E-state index in [1.54, 1.807) is 0 Å². The van der Waals surface area contributed by atoms with Gasteiger partial charge in [0.25, 0.3) is 0 Å². The van der Waals surface area contributed by atoms with Crippen LogP contribution in [0.15, 0.2) is 0 Å². The number of carbonyl (C=O) groups excluding carboxylic acids is 1. The van der Waals surface area contributed by atoms with Crippen LogP contribution in [0.3, 0.4) is 0 Å². The van der Waals surface area contributed by atoms with Gasteiger partial charge in [0.2, 0.25) is 5.91 Å². The first kappa shape index (κ1) is 12.5. The highest BCUT2D eigenvalue weighted by Crippen LogP contribution is 2.30. The summed E-state index contributed by atoms with van der Waals surface area (Å²) in [6.45, 7) is 4.29. The fourth-order valence-corrected chi connectivity index (χ4v) is 4.00. The second-order valence-corrected chi connectivity index (χ2v) is 6.46. The largest absolute Gasteiger partial charge is 0.342 e. The van der Waals surface area contributed by atoms with E-state index in [0.717, 1.165) is 50.9 Å². The van der Waals surface area contributed by atoms with E-state index in [9.17, 15) is 4.79 Å². The number of nitrogens with one attached hydrogen (secondary N) is 1. The Morgan fingerprint density at radius 1 is 0.889 bits per heavy atom. The summed E-state index contributed by atoms with van der Waals surface area (Å²) in [5.41, 5.74) is 0. The lowest BCUT2D eigenvalue weighted by Crippen LogP contribution is -2.36. The number of amides is 1. The van der Waals surface area contributed by atoms with Gasteiger partial charge in [-0.05, 0) is 24.7 Å². The molecule has 1 aliphatic carbocycles. The molecule has 0 unspecified atom stereocenters. The summed E-state index contributed by atoms with van der Waals surface area (Å²) in [6.07, 6.45) is 8.85. The molecule has 3 rings (SSSR count). The van der Waals surface area contributed by atoms with E-state index >= 15 is 0 Å². The van der Waals surface area contributed by atoms with Crippen LogP contribution in [0.1, 0.15) is 44.9 Å². The van der Waals surface area contributed by atoms with Crippen LogP contribution in [0.5, 0.6) is 0 Å². The van der Waals surface area contributed by atoms with Crippen molar-refractivity contribution in [1.82, 2.24) is 10.2 Å². The molecule has 3 heteroatoms. The Hall–Kier alpha value is -0.570. The molecule has 2 aliphatic heterocycles. The van der Waals surface area contributed by atoms with Crippen LogP contribution >= 0.6 is 0 Å². The van der Waals surface area contributed by atoms with E-state index < -0.39 is 0 Å². The zero-order chi connectivity index (χ0) is 12.4. The standard InChI is InChI=1S/C15H26N2O/c18-15(12-6-4-2-1-3-5-7-12)17-10-13-8-16-9-14(13)11-17/h12-14,16H,1-11H2/t13-,14+. The monoisotopic (exact) mass is 250 g/mol. The van der Waals surface area contributed by atoms with Gasteiger partial charge in [-0.1, -0.05) is 32.1 Å². The molecule has 3 nitrogen and oxygen atoms in total. The van der Waals surface area contributed by atoms with Gasteiger partial charge in [-0.3, -0.25) is 4.79 Å². The third-order valence-electron chi connectivity index (χ3n) is 5.16. The van der Waals surface area contributed by atoms with E-state index in [1.165, 1.54) is 32.1 Å². The van der Waals surface area contributed by atoms with Crippen molar-refractivity contribution in [2.75, 3.05) is 26.2 Å². The molecule has 0 aromatic carbocycles. The van der Waals surface area contributed by atoms with Crippen LogP contribution in [0.4, 0.5) is 0 Å². The van der Waals surface area contributed by atoms with Gasteiger partial charge in [-0.15, -0.1) is 0 Å². The summed E-state index contributed by atoms with van der Waals surface area (Å²) in [4.78, 5) is 14.8. The molecular weight excluding hydrogens is 224 g/mol. The predicted molar refractivity (Wildman–Crippen MR) is 72.2 cm³/mol. The molecule has 3 aliphatic rings. The lowest BCUT2D eigenvalue weighted by atomic mass is 9.90. The third kappa shape index (κ3) is 2.56. The number of nitrogens with zero attached hydrogens (tertiary/aromatic N) is 1. The van der Waals surface area contributed by atoms with Crippen molar-refractivity contribution in [1.29, 1.82) is 0 Å². The molecule has 2 saturated heterocycles. The van der Waals surface area contributed by atoms with Gasteiger partial charge >= 0.3 is 0 Å². The molecule has 1 saturated carbocycles. The minimum Gasteiger partial charge on any atom is -0.342 e. The zero-order valence-electron chi connectivity index (χ0n) is 11.4. The minimum absolute atomic E-state index is 0.345. The second-order valence-electron chi connectivity index (χ2n) is 6.46. The molecule has 0 spiro atoms. The van der Waals surface area contributed by atoms with Crippen LogP contribution in [-0.4, -0.2) is 37.0 Å². The van der Waals surface area contributed by atoms with E-state index in [2.05, 4.69) is 10.2 Å². The van der Waals surface area contributed by atoms with Gasteiger partial charge in [-0.2, -0.15) is 0 Å². The maximum Gasteiger partial charge on any atom is 0.225 e. The average molecular weight is 250 g/mol. The SMILES string of the molecule is O=C(C1CCCCCCC1)N1C[C@H]2CNC[C@H]2C1. The molecule has 2 atom stereocenters. The molecule has 0 aromatic rings. The first-order chi connectivity index (χ1) is 8.84. The summed E-state index contributed by atoms with van der Waals surface area (Å²) in [5, 5.41) is 3.44. The fourth-order valence-electron chi connectivity index (χ4n) is 4.00. The molecular formula is C15H26N2O. The highest BCUT2D eigenvalue weighted by molar-refractivity contribution is 5.79. The normalized spacial score (nSPS) is 34.1. The lowest BCUT2D eigenvalue weighted by molar-refractivity contribution is -0.135. The van der Waals surface area contributed by atoms with Crippen LogP contribution in [0.2, 0.25) is 0 Å². The Morgan fingerprint density at radius 3 is 2.06 bits per heavy atom. The summed E-state index contributed by atoms with van der Waals surface area (Å²) in [5.74, 6) is 2.30. The maximum absolute atomic E-state index is 12.6. The van der Waals surface area contributed by atoms with E-state index in [1.807, 2.05) is 0 Å². The molecule has 1 amide bonds. The molecule has 2 heterocycles. The van der Waals surface area contributed by atoms with Crippen molar-refractivity contribution < 1.29 is 4.79 Å². The van der Waals surface area contributed by atoms with Crippen molar-refractivity contribution >= 4 is 5.91 Å². The number of hydrogen-bond donors (Lipinski definition) is 1. The van der Waals surface area contributed by atoms with Crippen molar-refractivity contribution in [3.63, 3.8) is 0 Å². The third-order valence-corrected chi connectivity index (χ3v) is 5.16. The molecule has 0 bridgehead atoms. The topological polar surface area (TPSA) is 32.3 Å². The maximum atomic E-state index is 12.6. The van der Waals surface area contributed by atoms with Crippen molar-refractivity contribution in [2.24, 2.45) is 17.8 Å². The Kier molecular flexibility index (Phi) is 3.88. The molecule has 0 aromatic heterocycles. The number of rotatable bonds is 1. The van der Waals surface area contributed by atoms with Crippen LogP contribution < -0.4 is 5.32 Å². The quantitative estimate of drug-likeness (QED) is 0.772. The average Bonchev–Trinajstić information content (AvgIpc) is 2.87. The number of carbonyl (C=O) groups is 1. The Labute approximate surface area is 110 Å². The van der Waals surface area contributed by atoms with Crippen LogP contribution in [0, 0.1) is 17.8 Å². The molecule has 102 valence electrons. The van der Waals surface area contributed by atoms with Gasteiger partial charge in [0.05, 0.1) is 0 Å². The summed E-state index contributed by atoms with van der Waals surface area (Å²) in [7, 11) is 0. The Morgan fingerprint density at radius 2 is 1.44 bits per heavy atom. The number of fused-ring (bicyclic) bond motifs is 1. The van der Waals surface area contributed by atoms with E-state index in [0.29, 0.717) is 11.8 Å². The fraction of sp³-hybridized carbons (Fsp3) is 0.933. The Balaban J connectivity index is 1.56. The zero-order valence-corrected chi connectivity index (χ0v) is 11.4. The lowest BCUT2D eigenvalue weighted by Gasteiger charge is -2.25. The van der Waals surface area contributed by atoms with Gasteiger partial charge in [0.15, 0.2) is 0 Å². The van der Waals surface area contributed by atoms with Gasteiger partial charge in [0, 0.05) is 32.1 Å². The predicted octanol–water partition coefficient (Wildman–Crippen LogP) is 2.02.